The number of ether oxygens (including phenoxy) is 1. The molecule has 42 heavy (non-hydrogen) atoms. The van der Waals surface area contributed by atoms with Gasteiger partial charge in [0.1, 0.15) is 17.4 Å². The van der Waals surface area contributed by atoms with Crippen LogP contribution in [0, 0.1) is 17.6 Å². The lowest BCUT2D eigenvalue weighted by atomic mass is 9.90. The number of amides is 2. The molecule has 1 saturated carbocycles. The van der Waals surface area contributed by atoms with E-state index in [9.17, 15) is 22.8 Å². The summed E-state index contributed by atoms with van der Waals surface area (Å²) in [5, 5.41) is 5.51. The average molecular weight is 586 g/mol. The van der Waals surface area contributed by atoms with E-state index in [-0.39, 0.29) is 60.0 Å². The normalized spacial score (nSPS) is 14.9. The van der Waals surface area contributed by atoms with Crippen molar-refractivity contribution >= 4 is 29.4 Å². The molecule has 0 heterocycles. The molecule has 3 aromatic rings. The Morgan fingerprint density at radius 1 is 1.02 bits per heavy atom. The van der Waals surface area contributed by atoms with Gasteiger partial charge in [-0.2, -0.15) is 0 Å². The third kappa shape index (κ3) is 7.60. The number of urea groups is 1. The van der Waals surface area contributed by atoms with Crippen LogP contribution >= 0.6 is 0 Å². The summed E-state index contributed by atoms with van der Waals surface area (Å²) in [6.45, 7) is 6.70. The maximum absolute atomic E-state index is 15.8. The Morgan fingerprint density at radius 3 is 2.33 bits per heavy atom. The zero-order chi connectivity index (χ0) is 30.4. The van der Waals surface area contributed by atoms with Gasteiger partial charge in [-0.25, -0.2) is 22.4 Å². The summed E-state index contributed by atoms with van der Waals surface area (Å²) in [7, 11) is 0. The molecular weight excluding hydrogens is 550 g/mol. The Kier molecular flexibility index (Phi) is 9.75. The molecule has 0 atom stereocenters. The molecule has 0 aromatic heterocycles. The fourth-order valence-electron chi connectivity index (χ4n) is 5.23. The number of carbonyl (C=O) groups is 2. The molecule has 0 aliphatic heterocycles. The summed E-state index contributed by atoms with van der Waals surface area (Å²) in [4.78, 5) is 26.8. The lowest BCUT2D eigenvalue weighted by molar-refractivity contribution is -0.0382. The molecule has 224 valence electrons. The topological polar surface area (TPSA) is 70.7 Å². The highest BCUT2D eigenvalue weighted by Gasteiger charge is 2.38. The van der Waals surface area contributed by atoms with Crippen molar-refractivity contribution in [3.05, 3.63) is 71.8 Å². The summed E-state index contributed by atoms with van der Waals surface area (Å²) >= 11 is 0. The molecule has 10 heteroatoms. The molecule has 0 bridgehead atoms. The fraction of sp³-hybridized carbons (Fsp3) is 0.375. The smallest absolute Gasteiger partial charge is 0.323 e. The molecular formula is C32H35F4N3O3. The van der Waals surface area contributed by atoms with Crippen molar-refractivity contribution in [3.8, 4) is 16.9 Å². The predicted octanol–water partition coefficient (Wildman–Crippen LogP) is 8.53. The van der Waals surface area contributed by atoms with Gasteiger partial charge >= 0.3 is 6.03 Å². The number of nitrogens with zero attached hydrogens (tertiary/aromatic N) is 1. The Morgan fingerprint density at radius 2 is 1.71 bits per heavy atom. The van der Waals surface area contributed by atoms with E-state index in [1.54, 1.807) is 24.3 Å². The molecule has 2 amide bonds. The van der Waals surface area contributed by atoms with Crippen molar-refractivity contribution in [2.45, 2.75) is 58.4 Å². The summed E-state index contributed by atoms with van der Waals surface area (Å²) in [5.41, 5.74) is 0.983. The van der Waals surface area contributed by atoms with Gasteiger partial charge in [0.05, 0.1) is 18.0 Å². The van der Waals surface area contributed by atoms with Crippen molar-refractivity contribution < 1.29 is 31.9 Å². The number of nitrogens with one attached hydrogen (secondary N) is 2. The van der Waals surface area contributed by atoms with Gasteiger partial charge in [-0.05, 0) is 85.8 Å². The zero-order valence-corrected chi connectivity index (χ0v) is 23.9. The second-order valence-electron chi connectivity index (χ2n) is 10.9. The largest absolute Gasteiger partial charge is 0.494 e. The quantitative estimate of drug-likeness (QED) is 0.185. The van der Waals surface area contributed by atoms with Crippen molar-refractivity contribution in [3.63, 3.8) is 0 Å². The number of rotatable bonds is 10. The minimum atomic E-state index is -2.75. The van der Waals surface area contributed by atoms with Crippen LogP contribution in [-0.2, 0) is 0 Å². The number of aldehydes is 1. The number of carbonyl (C=O) groups excluding carboxylic acids is 2. The third-order valence-corrected chi connectivity index (χ3v) is 7.19. The predicted molar refractivity (Wildman–Crippen MR) is 157 cm³/mol. The minimum Gasteiger partial charge on any atom is -0.494 e. The van der Waals surface area contributed by atoms with E-state index in [0.29, 0.717) is 36.6 Å². The summed E-state index contributed by atoms with van der Waals surface area (Å²) < 4.78 is 63.5. The van der Waals surface area contributed by atoms with Crippen LogP contribution in [0.25, 0.3) is 11.1 Å². The number of hydrogen-bond acceptors (Lipinski definition) is 4. The van der Waals surface area contributed by atoms with Gasteiger partial charge in [-0.3, -0.25) is 4.79 Å². The lowest BCUT2D eigenvalue weighted by Gasteiger charge is -2.40. The zero-order valence-electron chi connectivity index (χ0n) is 23.9. The Hall–Kier alpha value is -4.08. The molecule has 4 rings (SSSR count). The lowest BCUT2D eigenvalue weighted by Crippen LogP contribution is -2.43. The molecule has 2 N–H and O–H groups in total. The molecule has 1 fully saturated rings. The van der Waals surface area contributed by atoms with Crippen LogP contribution in [0.3, 0.4) is 0 Å². The number of halogens is 4. The van der Waals surface area contributed by atoms with Crippen LogP contribution in [0.2, 0.25) is 0 Å². The standard InChI is InChI=1S/C32H35F4N3O3/c1-4-42-25-9-7-23(8-10-25)37-31(41)38-29-16-27(26-15-22(33)6-5-21(26)19-40)28(34)17-30(29)39(18-20(2)3)24-11-13-32(35,36)14-12-24/h5-10,15-17,19-20,24H,4,11-14,18H2,1-3H3,(H2,37,38,41). The van der Waals surface area contributed by atoms with E-state index in [4.69, 9.17) is 4.74 Å². The van der Waals surface area contributed by atoms with Gasteiger partial charge in [0, 0.05) is 42.2 Å². The van der Waals surface area contributed by atoms with Gasteiger partial charge in [-0.15, -0.1) is 0 Å². The van der Waals surface area contributed by atoms with Crippen LogP contribution in [-0.4, -0.2) is 37.4 Å². The molecule has 6 nitrogen and oxygen atoms in total. The highest BCUT2D eigenvalue weighted by Crippen LogP contribution is 2.41. The van der Waals surface area contributed by atoms with Gasteiger partial charge in [0.25, 0.3) is 0 Å². The molecule has 0 radical (unpaired) electrons. The van der Waals surface area contributed by atoms with Crippen LogP contribution in [0.5, 0.6) is 5.75 Å². The van der Waals surface area contributed by atoms with Crippen LogP contribution in [0.1, 0.15) is 56.8 Å². The number of alkyl halides is 2. The monoisotopic (exact) mass is 585 g/mol. The van der Waals surface area contributed by atoms with E-state index < -0.39 is 23.6 Å². The summed E-state index contributed by atoms with van der Waals surface area (Å²) in [6, 6.07) is 11.8. The van der Waals surface area contributed by atoms with Crippen molar-refractivity contribution in [2.75, 3.05) is 28.7 Å². The maximum atomic E-state index is 15.8. The van der Waals surface area contributed by atoms with Gasteiger partial charge in [0.2, 0.25) is 5.92 Å². The summed E-state index contributed by atoms with van der Waals surface area (Å²) in [5.74, 6) is -3.43. The van der Waals surface area contributed by atoms with E-state index in [2.05, 4.69) is 10.6 Å². The second-order valence-corrected chi connectivity index (χ2v) is 10.9. The first-order chi connectivity index (χ1) is 20.0. The van der Waals surface area contributed by atoms with Gasteiger partial charge in [0.15, 0.2) is 6.29 Å². The van der Waals surface area contributed by atoms with E-state index >= 15 is 4.39 Å². The highest BCUT2D eigenvalue weighted by molar-refractivity contribution is 6.03. The van der Waals surface area contributed by atoms with Crippen LogP contribution in [0.15, 0.2) is 54.6 Å². The molecule has 3 aromatic carbocycles. The fourth-order valence-corrected chi connectivity index (χ4v) is 5.23. The molecule has 0 saturated heterocycles. The van der Waals surface area contributed by atoms with Crippen molar-refractivity contribution in [1.82, 2.24) is 0 Å². The highest BCUT2D eigenvalue weighted by atomic mass is 19.3. The van der Waals surface area contributed by atoms with Crippen LogP contribution < -0.4 is 20.3 Å². The number of benzene rings is 3. The van der Waals surface area contributed by atoms with Gasteiger partial charge in [-0.1, -0.05) is 13.8 Å². The number of hydrogen-bond donors (Lipinski definition) is 2. The average Bonchev–Trinajstić information content (AvgIpc) is 2.94. The van der Waals surface area contributed by atoms with Gasteiger partial charge < -0.3 is 20.3 Å². The third-order valence-electron chi connectivity index (χ3n) is 7.19. The summed E-state index contributed by atoms with van der Waals surface area (Å²) in [6.07, 6.45) is 0.306. The first-order valence-corrected chi connectivity index (χ1v) is 14.0. The second kappa shape index (κ2) is 13.3. The minimum absolute atomic E-state index is 0.0248. The first kappa shape index (κ1) is 30.9. The maximum Gasteiger partial charge on any atom is 0.323 e. The Balaban J connectivity index is 1.76. The van der Waals surface area contributed by atoms with Crippen molar-refractivity contribution in [1.29, 1.82) is 0 Å². The molecule has 0 unspecified atom stereocenters. The Labute approximate surface area is 243 Å². The molecule has 0 spiro atoms. The molecule has 1 aliphatic rings. The Bertz CT molecular complexity index is 1400. The first-order valence-electron chi connectivity index (χ1n) is 14.0. The van der Waals surface area contributed by atoms with Crippen molar-refractivity contribution in [2.24, 2.45) is 5.92 Å². The van der Waals surface area contributed by atoms with E-state index in [1.165, 1.54) is 18.2 Å². The SMILES string of the molecule is CCOc1ccc(NC(=O)Nc2cc(-c3cc(F)ccc3C=O)c(F)cc2N(CC(C)C)C2CCC(F)(F)CC2)cc1. The molecule has 1 aliphatic carbocycles. The van der Waals surface area contributed by atoms with E-state index in [0.717, 1.165) is 12.1 Å². The van der Waals surface area contributed by atoms with E-state index in [1.807, 2.05) is 25.7 Å². The van der Waals surface area contributed by atoms with Crippen LogP contribution in [0.4, 0.5) is 39.4 Å². The number of anilines is 3.